The van der Waals surface area contributed by atoms with Crippen LogP contribution < -0.4 is 0 Å². The van der Waals surface area contributed by atoms with Gasteiger partial charge in [0.15, 0.2) is 0 Å². The third-order valence-corrected chi connectivity index (χ3v) is 2.36. The summed E-state index contributed by atoms with van der Waals surface area (Å²) in [5, 5.41) is 9.02. The van der Waals surface area contributed by atoms with Gasteiger partial charge in [0.05, 0.1) is 11.6 Å². The molecule has 1 aromatic rings. The molecule has 1 aromatic carbocycles. The van der Waals surface area contributed by atoms with Gasteiger partial charge in [-0.1, -0.05) is 56.2 Å². The van der Waals surface area contributed by atoms with Crippen molar-refractivity contribution in [1.29, 1.82) is 5.26 Å². The van der Waals surface area contributed by atoms with Gasteiger partial charge in [-0.3, -0.25) is 0 Å². The lowest BCUT2D eigenvalue weighted by atomic mass is 10.0. The smallest absolute Gasteiger partial charge is 0.0994 e. The molecule has 78 valence electrons. The molecule has 15 heavy (non-hydrogen) atoms. The van der Waals surface area contributed by atoms with Crippen molar-refractivity contribution in [1.82, 2.24) is 0 Å². The molecule has 0 bridgehead atoms. The van der Waals surface area contributed by atoms with Gasteiger partial charge in [-0.05, 0) is 18.4 Å². The molecule has 1 rings (SSSR count). The van der Waals surface area contributed by atoms with E-state index < -0.39 is 0 Å². The molecule has 0 heterocycles. The SMILES string of the molecule is CCCCC/C=C(\C#N)c1ccccc1. The largest absolute Gasteiger partial charge is 0.192 e. The Kier molecular flexibility index (Phi) is 5.25. The number of unbranched alkanes of at least 4 members (excludes halogenated alkanes) is 3. The number of nitrogens with zero attached hydrogens (tertiary/aromatic N) is 1. The molecule has 1 nitrogen and oxygen atoms in total. The zero-order chi connectivity index (χ0) is 10.9. The Morgan fingerprint density at radius 1 is 1.27 bits per heavy atom. The molecule has 0 fully saturated rings. The molecule has 0 aliphatic heterocycles. The van der Waals surface area contributed by atoms with Crippen LogP contribution >= 0.6 is 0 Å². The first-order valence-corrected chi connectivity index (χ1v) is 5.54. The molecule has 0 saturated heterocycles. The molecular formula is C14H17N. The molecular weight excluding hydrogens is 182 g/mol. The van der Waals surface area contributed by atoms with Crippen molar-refractivity contribution in [2.24, 2.45) is 0 Å². The molecule has 0 saturated carbocycles. The number of hydrogen-bond acceptors (Lipinski definition) is 1. The van der Waals surface area contributed by atoms with E-state index in [1.54, 1.807) is 0 Å². The van der Waals surface area contributed by atoms with E-state index in [9.17, 15) is 0 Å². The average Bonchev–Trinajstić information content (AvgIpc) is 2.30. The highest BCUT2D eigenvalue weighted by atomic mass is 14.2. The van der Waals surface area contributed by atoms with E-state index in [-0.39, 0.29) is 0 Å². The molecule has 0 amide bonds. The monoisotopic (exact) mass is 199 g/mol. The second-order valence-corrected chi connectivity index (χ2v) is 3.59. The van der Waals surface area contributed by atoms with E-state index in [1.165, 1.54) is 19.3 Å². The lowest BCUT2D eigenvalue weighted by molar-refractivity contribution is 0.730. The number of allylic oxidation sites excluding steroid dienone is 2. The average molecular weight is 199 g/mol. The minimum absolute atomic E-state index is 0.798. The number of benzene rings is 1. The molecule has 0 N–H and O–H groups in total. The summed E-state index contributed by atoms with van der Waals surface area (Å²) in [5.41, 5.74) is 1.82. The molecule has 0 aliphatic carbocycles. The summed E-state index contributed by atoms with van der Waals surface area (Å²) < 4.78 is 0. The van der Waals surface area contributed by atoms with Gasteiger partial charge < -0.3 is 0 Å². The van der Waals surface area contributed by atoms with Crippen LogP contribution in [0.1, 0.15) is 38.2 Å². The summed E-state index contributed by atoms with van der Waals surface area (Å²) in [4.78, 5) is 0. The summed E-state index contributed by atoms with van der Waals surface area (Å²) in [6.45, 7) is 2.19. The highest BCUT2D eigenvalue weighted by Gasteiger charge is 1.97. The second kappa shape index (κ2) is 6.84. The van der Waals surface area contributed by atoms with Crippen molar-refractivity contribution in [2.75, 3.05) is 0 Å². The van der Waals surface area contributed by atoms with Crippen LogP contribution in [0.4, 0.5) is 0 Å². The van der Waals surface area contributed by atoms with Gasteiger partial charge in [0, 0.05) is 0 Å². The van der Waals surface area contributed by atoms with E-state index >= 15 is 0 Å². The number of hydrogen-bond donors (Lipinski definition) is 0. The lowest BCUT2D eigenvalue weighted by Crippen LogP contribution is -1.81. The fourth-order valence-electron chi connectivity index (χ4n) is 1.49. The number of rotatable bonds is 5. The van der Waals surface area contributed by atoms with Crippen molar-refractivity contribution in [2.45, 2.75) is 32.6 Å². The lowest BCUT2D eigenvalue weighted by Gasteiger charge is -1.98. The standard InChI is InChI=1S/C14H17N/c1-2-3-4-6-11-14(12-15)13-9-7-5-8-10-13/h5,7-11H,2-4,6H2,1H3/b14-11+. The van der Waals surface area contributed by atoms with E-state index in [1.807, 2.05) is 36.4 Å². The van der Waals surface area contributed by atoms with Crippen LogP contribution in [0, 0.1) is 11.3 Å². The predicted octanol–water partition coefficient (Wildman–Crippen LogP) is 4.17. The summed E-state index contributed by atoms with van der Waals surface area (Å²) in [5.74, 6) is 0. The quantitative estimate of drug-likeness (QED) is 0.515. The maximum atomic E-state index is 9.02. The first-order chi connectivity index (χ1) is 7.38. The summed E-state index contributed by atoms with van der Waals surface area (Å²) in [6, 6.07) is 12.1. The van der Waals surface area contributed by atoms with E-state index in [2.05, 4.69) is 13.0 Å². The maximum absolute atomic E-state index is 9.02. The molecule has 0 aliphatic rings. The number of nitriles is 1. The van der Waals surface area contributed by atoms with Gasteiger partial charge in [-0.25, -0.2) is 0 Å². The van der Waals surface area contributed by atoms with Gasteiger partial charge in [0.25, 0.3) is 0 Å². The van der Waals surface area contributed by atoms with E-state index in [0.29, 0.717) is 0 Å². The van der Waals surface area contributed by atoms with Crippen molar-refractivity contribution >= 4 is 5.57 Å². The minimum atomic E-state index is 0.798. The molecule has 1 heteroatoms. The van der Waals surface area contributed by atoms with Crippen molar-refractivity contribution < 1.29 is 0 Å². The van der Waals surface area contributed by atoms with Gasteiger partial charge >= 0.3 is 0 Å². The van der Waals surface area contributed by atoms with E-state index in [4.69, 9.17) is 5.26 Å². The third-order valence-electron chi connectivity index (χ3n) is 2.36. The Bertz CT molecular complexity index is 343. The highest BCUT2D eigenvalue weighted by molar-refractivity contribution is 5.76. The summed E-state index contributed by atoms with van der Waals surface area (Å²) >= 11 is 0. The van der Waals surface area contributed by atoms with Gasteiger partial charge in [0.2, 0.25) is 0 Å². The van der Waals surface area contributed by atoms with Crippen LogP contribution in [0.5, 0.6) is 0 Å². The van der Waals surface area contributed by atoms with Crippen LogP contribution in [-0.4, -0.2) is 0 Å². The van der Waals surface area contributed by atoms with Crippen LogP contribution in [0.25, 0.3) is 5.57 Å². The predicted molar refractivity (Wildman–Crippen MR) is 64.2 cm³/mol. The summed E-state index contributed by atoms with van der Waals surface area (Å²) in [6.07, 6.45) is 6.69. The van der Waals surface area contributed by atoms with Crippen molar-refractivity contribution in [3.8, 4) is 6.07 Å². The van der Waals surface area contributed by atoms with Crippen molar-refractivity contribution in [3.05, 3.63) is 42.0 Å². The molecule has 0 spiro atoms. The van der Waals surface area contributed by atoms with Gasteiger partial charge in [-0.15, -0.1) is 0 Å². The Balaban J connectivity index is 2.61. The van der Waals surface area contributed by atoms with Crippen molar-refractivity contribution in [3.63, 3.8) is 0 Å². The Hall–Kier alpha value is -1.55. The Labute approximate surface area is 92.1 Å². The second-order valence-electron chi connectivity index (χ2n) is 3.59. The topological polar surface area (TPSA) is 23.8 Å². The van der Waals surface area contributed by atoms with Gasteiger partial charge in [-0.2, -0.15) is 5.26 Å². The van der Waals surface area contributed by atoms with E-state index in [0.717, 1.165) is 17.6 Å². The fraction of sp³-hybridized carbons (Fsp3) is 0.357. The van der Waals surface area contributed by atoms with Gasteiger partial charge in [0.1, 0.15) is 0 Å². The summed E-state index contributed by atoms with van der Waals surface area (Å²) in [7, 11) is 0. The van der Waals surface area contributed by atoms with Crippen LogP contribution in [0.3, 0.4) is 0 Å². The molecule has 0 atom stereocenters. The zero-order valence-electron chi connectivity index (χ0n) is 9.24. The molecule has 0 radical (unpaired) electrons. The minimum Gasteiger partial charge on any atom is -0.192 e. The first kappa shape index (κ1) is 11.5. The maximum Gasteiger partial charge on any atom is 0.0994 e. The third kappa shape index (κ3) is 3.99. The molecule has 0 unspecified atom stereocenters. The molecule has 0 aromatic heterocycles. The Morgan fingerprint density at radius 2 is 2.00 bits per heavy atom. The zero-order valence-corrected chi connectivity index (χ0v) is 9.24. The fourth-order valence-corrected chi connectivity index (χ4v) is 1.49. The Morgan fingerprint density at radius 3 is 2.60 bits per heavy atom. The first-order valence-electron chi connectivity index (χ1n) is 5.54. The van der Waals surface area contributed by atoms with Crippen LogP contribution in [-0.2, 0) is 0 Å². The van der Waals surface area contributed by atoms with Crippen LogP contribution in [0.15, 0.2) is 36.4 Å². The highest BCUT2D eigenvalue weighted by Crippen LogP contribution is 2.14. The normalized spacial score (nSPS) is 11.1. The van der Waals surface area contributed by atoms with Crippen LogP contribution in [0.2, 0.25) is 0 Å².